The zero-order chi connectivity index (χ0) is 9.02. The summed E-state index contributed by atoms with van der Waals surface area (Å²) in [5, 5.41) is 27.8. The molecule has 0 aliphatic heterocycles. The third kappa shape index (κ3) is 3.75. The first-order chi connectivity index (χ1) is 4.95. The van der Waals surface area contributed by atoms with Crippen LogP contribution in [0.25, 0.3) is 0 Å². The summed E-state index contributed by atoms with van der Waals surface area (Å²) in [6.45, 7) is 2.66. The van der Waals surface area contributed by atoms with Gasteiger partial charge in [0.2, 0.25) is 0 Å². The quantitative estimate of drug-likeness (QED) is 0.487. The number of aliphatic carboxylic acids is 1. The van der Waals surface area contributed by atoms with Crippen LogP contribution in [-0.2, 0) is 4.79 Å². The van der Waals surface area contributed by atoms with Crippen LogP contribution in [0.15, 0.2) is 11.6 Å². The van der Waals surface area contributed by atoms with Crippen LogP contribution in [-0.4, -0.2) is 28.4 Å². The summed E-state index contributed by atoms with van der Waals surface area (Å²) in [6.07, 6.45) is -1.07. The van der Waals surface area contributed by atoms with E-state index in [0.717, 1.165) is 6.08 Å². The molecule has 2 unspecified atom stereocenters. The number of hydrogen-bond acceptors (Lipinski definition) is 4. The maximum Gasteiger partial charge on any atom is 0.0983 e. The third-order valence-electron chi connectivity index (χ3n) is 1.24. The van der Waals surface area contributed by atoms with Crippen LogP contribution in [0, 0.1) is 0 Å². The Hall–Kier alpha value is -0.870. The van der Waals surface area contributed by atoms with Crippen molar-refractivity contribution in [2.75, 3.05) is 0 Å². The molecule has 0 aromatic rings. The van der Waals surface area contributed by atoms with E-state index in [-0.39, 0.29) is 5.57 Å². The lowest BCUT2D eigenvalue weighted by atomic mass is 10.1. The van der Waals surface area contributed by atoms with Crippen molar-refractivity contribution in [2.45, 2.75) is 26.1 Å². The summed E-state index contributed by atoms with van der Waals surface area (Å²) < 4.78 is 0. The van der Waals surface area contributed by atoms with Gasteiger partial charge in [-0.25, -0.2) is 0 Å². The van der Waals surface area contributed by atoms with Gasteiger partial charge >= 0.3 is 0 Å². The highest BCUT2D eigenvalue weighted by molar-refractivity contribution is 5.83. The molecular formula is C7H11O4-. The van der Waals surface area contributed by atoms with Gasteiger partial charge in [-0.05, 0) is 25.5 Å². The van der Waals surface area contributed by atoms with Crippen molar-refractivity contribution in [1.82, 2.24) is 0 Å². The summed E-state index contributed by atoms with van der Waals surface area (Å²) in [7, 11) is 0. The predicted molar refractivity (Wildman–Crippen MR) is 36.5 cm³/mol. The van der Waals surface area contributed by atoms with Crippen LogP contribution in [0.5, 0.6) is 0 Å². The fraction of sp³-hybridized carbons (Fsp3) is 0.571. The standard InChI is InChI=1S/C7H12O4/c1-4(7(10)11)3-6(9)5(2)8/h3,5-6,8-9H,1-2H3,(H,10,11)/p-1/b4-3+. The summed E-state index contributed by atoms with van der Waals surface area (Å²) in [5.41, 5.74) is -0.0848. The molecule has 64 valence electrons. The minimum atomic E-state index is -1.34. The van der Waals surface area contributed by atoms with Crippen molar-refractivity contribution in [3.8, 4) is 0 Å². The van der Waals surface area contributed by atoms with Gasteiger partial charge in [0.15, 0.2) is 0 Å². The zero-order valence-corrected chi connectivity index (χ0v) is 6.44. The van der Waals surface area contributed by atoms with Gasteiger partial charge in [-0.15, -0.1) is 0 Å². The molecule has 0 aromatic heterocycles. The Morgan fingerprint density at radius 1 is 1.55 bits per heavy atom. The molecule has 0 rings (SSSR count). The molecule has 0 amide bonds. The van der Waals surface area contributed by atoms with Gasteiger partial charge in [0.1, 0.15) is 0 Å². The van der Waals surface area contributed by atoms with Gasteiger partial charge in [0, 0.05) is 0 Å². The number of hydrogen-bond donors (Lipinski definition) is 2. The summed E-state index contributed by atoms with van der Waals surface area (Å²) in [4.78, 5) is 10.1. The predicted octanol–water partition coefficient (Wildman–Crippen LogP) is -1.58. The van der Waals surface area contributed by atoms with Crippen molar-refractivity contribution >= 4 is 5.97 Å². The first kappa shape index (κ1) is 10.1. The number of carbonyl (C=O) groups excluding carboxylic acids is 1. The van der Waals surface area contributed by atoms with Crippen molar-refractivity contribution < 1.29 is 20.1 Å². The molecule has 0 radical (unpaired) electrons. The Labute approximate surface area is 64.8 Å². The number of carboxylic acid groups (broad SMARTS) is 1. The molecule has 0 bridgehead atoms. The van der Waals surface area contributed by atoms with Gasteiger partial charge in [-0.3, -0.25) is 0 Å². The molecule has 0 aromatic carbocycles. The van der Waals surface area contributed by atoms with E-state index in [0.29, 0.717) is 0 Å². The van der Waals surface area contributed by atoms with Gasteiger partial charge in [-0.2, -0.15) is 0 Å². The number of aliphatic hydroxyl groups is 2. The number of rotatable bonds is 3. The van der Waals surface area contributed by atoms with Gasteiger partial charge in [0.05, 0.1) is 18.2 Å². The average molecular weight is 159 g/mol. The van der Waals surface area contributed by atoms with E-state index in [2.05, 4.69) is 0 Å². The Kier molecular flexibility index (Phi) is 3.78. The minimum Gasteiger partial charge on any atom is -0.545 e. The van der Waals surface area contributed by atoms with Crippen molar-refractivity contribution in [1.29, 1.82) is 0 Å². The molecule has 11 heavy (non-hydrogen) atoms. The van der Waals surface area contributed by atoms with E-state index in [1.54, 1.807) is 0 Å². The van der Waals surface area contributed by atoms with Crippen LogP contribution in [0.3, 0.4) is 0 Å². The molecule has 0 saturated carbocycles. The molecule has 2 atom stereocenters. The summed E-state index contributed by atoms with van der Waals surface area (Å²) in [6, 6.07) is 0. The molecule has 0 aliphatic carbocycles. The number of aliphatic hydroxyl groups excluding tert-OH is 2. The first-order valence-corrected chi connectivity index (χ1v) is 3.21. The van der Waals surface area contributed by atoms with Crippen molar-refractivity contribution in [2.24, 2.45) is 0 Å². The Morgan fingerprint density at radius 3 is 2.27 bits per heavy atom. The summed E-state index contributed by atoms with van der Waals surface area (Å²) in [5.74, 6) is -1.34. The maximum atomic E-state index is 10.1. The SMILES string of the molecule is C/C(=C\C(O)C(C)O)C(=O)[O-]. The van der Waals surface area contributed by atoms with Crippen molar-refractivity contribution in [3.05, 3.63) is 11.6 Å². The largest absolute Gasteiger partial charge is 0.545 e. The smallest absolute Gasteiger partial charge is 0.0983 e. The monoisotopic (exact) mass is 159 g/mol. The zero-order valence-electron chi connectivity index (χ0n) is 6.44. The molecular weight excluding hydrogens is 148 g/mol. The Morgan fingerprint density at radius 2 is 2.00 bits per heavy atom. The Bertz CT molecular complexity index is 171. The van der Waals surface area contributed by atoms with Gasteiger partial charge in [0.25, 0.3) is 0 Å². The fourth-order valence-corrected chi connectivity index (χ4v) is 0.463. The van der Waals surface area contributed by atoms with Gasteiger partial charge < -0.3 is 20.1 Å². The maximum absolute atomic E-state index is 10.1. The molecule has 0 spiro atoms. The highest BCUT2D eigenvalue weighted by Gasteiger charge is 2.07. The number of carbonyl (C=O) groups is 1. The lowest BCUT2D eigenvalue weighted by Gasteiger charge is -2.10. The molecule has 4 nitrogen and oxygen atoms in total. The average Bonchev–Trinajstić information content (AvgIpc) is 1.87. The highest BCUT2D eigenvalue weighted by atomic mass is 16.4. The number of carboxylic acids is 1. The van der Waals surface area contributed by atoms with E-state index in [1.807, 2.05) is 0 Å². The van der Waals surface area contributed by atoms with Crippen LogP contribution in [0.1, 0.15) is 13.8 Å². The van der Waals surface area contributed by atoms with E-state index >= 15 is 0 Å². The molecule has 4 heteroatoms. The van der Waals surface area contributed by atoms with E-state index < -0.39 is 18.2 Å². The van der Waals surface area contributed by atoms with E-state index in [1.165, 1.54) is 13.8 Å². The highest BCUT2D eigenvalue weighted by Crippen LogP contribution is 1.98. The molecule has 0 fully saturated rings. The lowest BCUT2D eigenvalue weighted by Crippen LogP contribution is -2.26. The fourth-order valence-electron chi connectivity index (χ4n) is 0.463. The molecule has 2 N–H and O–H groups in total. The topological polar surface area (TPSA) is 80.6 Å². The normalized spacial score (nSPS) is 17.6. The van der Waals surface area contributed by atoms with Crippen molar-refractivity contribution in [3.63, 3.8) is 0 Å². The Balaban J connectivity index is 4.19. The molecule has 0 saturated heterocycles. The second-order valence-corrected chi connectivity index (χ2v) is 2.37. The van der Waals surface area contributed by atoms with Crippen LogP contribution >= 0.6 is 0 Å². The van der Waals surface area contributed by atoms with Crippen LogP contribution in [0.4, 0.5) is 0 Å². The molecule has 0 aliphatic rings. The van der Waals surface area contributed by atoms with E-state index in [4.69, 9.17) is 10.2 Å². The second-order valence-electron chi connectivity index (χ2n) is 2.37. The molecule has 0 heterocycles. The van der Waals surface area contributed by atoms with Crippen LogP contribution in [0.2, 0.25) is 0 Å². The minimum absolute atomic E-state index is 0.0848. The van der Waals surface area contributed by atoms with Crippen LogP contribution < -0.4 is 5.11 Å². The summed E-state index contributed by atoms with van der Waals surface area (Å²) >= 11 is 0. The van der Waals surface area contributed by atoms with E-state index in [9.17, 15) is 9.90 Å². The first-order valence-electron chi connectivity index (χ1n) is 3.21. The van der Waals surface area contributed by atoms with Gasteiger partial charge in [-0.1, -0.05) is 0 Å². The second kappa shape index (κ2) is 4.10. The third-order valence-corrected chi connectivity index (χ3v) is 1.24. The lowest BCUT2D eigenvalue weighted by molar-refractivity contribution is -0.299.